The van der Waals surface area contributed by atoms with Crippen LogP contribution in [0.15, 0.2) is 28.7 Å². The Morgan fingerprint density at radius 1 is 1.42 bits per heavy atom. The molecule has 0 saturated carbocycles. The second-order valence-electron chi connectivity index (χ2n) is 4.96. The van der Waals surface area contributed by atoms with Crippen molar-refractivity contribution in [3.63, 3.8) is 0 Å². The van der Waals surface area contributed by atoms with Gasteiger partial charge in [-0.2, -0.15) is 0 Å². The number of hydrogen-bond donors (Lipinski definition) is 2. The summed E-state index contributed by atoms with van der Waals surface area (Å²) in [6, 6.07) is 7.56. The van der Waals surface area contributed by atoms with Gasteiger partial charge in [0.05, 0.1) is 6.54 Å². The van der Waals surface area contributed by atoms with Crippen molar-refractivity contribution < 1.29 is 9.90 Å². The van der Waals surface area contributed by atoms with Crippen LogP contribution in [0.2, 0.25) is 0 Å². The van der Waals surface area contributed by atoms with Crippen LogP contribution in [0.1, 0.15) is 12.8 Å². The van der Waals surface area contributed by atoms with Gasteiger partial charge in [0.15, 0.2) is 0 Å². The van der Waals surface area contributed by atoms with Gasteiger partial charge in [-0.25, -0.2) is 0 Å². The second kappa shape index (κ2) is 7.03. The lowest BCUT2D eigenvalue weighted by molar-refractivity contribution is -0.117. The molecule has 104 valence electrons. The molecule has 1 aromatic rings. The van der Waals surface area contributed by atoms with E-state index in [2.05, 4.69) is 26.1 Å². The van der Waals surface area contributed by atoms with Crippen molar-refractivity contribution in [2.75, 3.05) is 31.6 Å². The summed E-state index contributed by atoms with van der Waals surface area (Å²) in [5, 5.41) is 11.8. The first-order chi connectivity index (χ1) is 9.17. The molecule has 1 saturated heterocycles. The van der Waals surface area contributed by atoms with Gasteiger partial charge in [-0.15, -0.1) is 0 Å². The molecule has 2 rings (SSSR count). The first-order valence-corrected chi connectivity index (χ1v) is 7.35. The van der Waals surface area contributed by atoms with Gasteiger partial charge in [-0.1, -0.05) is 15.9 Å². The second-order valence-corrected chi connectivity index (χ2v) is 5.87. The van der Waals surface area contributed by atoms with Crippen molar-refractivity contribution in [3.8, 4) is 0 Å². The maximum atomic E-state index is 11.9. The third-order valence-corrected chi connectivity index (χ3v) is 3.93. The van der Waals surface area contributed by atoms with Crippen LogP contribution in [0, 0.1) is 5.92 Å². The predicted octanol–water partition coefficient (Wildman–Crippen LogP) is 2.09. The fourth-order valence-electron chi connectivity index (χ4n) is 2.41. The van der Waals surface area contributed by atoms with Crippen molar-refractivity contribution >= 4 is 27.5 Å². The van der Waals surface area contributed by atoms with Crippen LogP contribution in [-0.2, 0) is 4.79 Å². The molecule has 2 N–H and O–H groups in total. The number of aliphatic hydroxyl groups excluding tert-OH is 1. The molecule has 0 aliphatic carbocycles. The summed E-state index contributed by atoms with van der Waals surface area (Å²) in [6.45, 7) is 2.52. The third-order valence-electron chi connectivity index (χ3n) is 3.40. The van der Waals surface area contributed by atoms with E-state index in [1.165, 1.54) is 0 Å². The van der Waals surface area contributed by atoms with Crippen LogP contribution < -0.4 is 5.32 Å². The number of carbonyl (C=O) groups excluding carboxylic acids is 1. The van der Waals surface area contributed by atoms with Gasteiger partial charge in [-0.3, -0.25) is 9.69 Å². The van der Waals surface area contributed by atoms with Crippen molar-refractivity contribution in [3.05, 3.63) is 28.7 Å². The topological polar surface area (TPSA) is 52.6 Å². The number of anilines is 1. The molecule has 0 radical (unpaired) electrons. The lowest BCUT2D eigenvalue weighted by Gasteiger charge is -2.15. The number of rotatable bonds is 5. The van der Waals surface area contributed by atoms with E-state index in [0.717, 1.165) is 36.1 Å². The largest absolute Gasteiger partial charge is 0.396 e. The van der Waals surface area contributed by atoms with Crippen molar-refractivity contribution in [1.29, 1.82) is 0 Å². The third kappa shape index (κ3) is 4.60. The maximum absolute atomic E-state index is 11.9. The Labute approximate surface area is 121 Å². The van der Waals surface area contributed by atoms with Gasteiger partial charge in [0.25, 0.3) is 0 Å². The van der Waals surface area contributed by atoms with Gasteiger partial charge >= 0.3 is 0 Å². The Balaban J connectivity index is 1.77. The molecule has 1 aromatic carbocycles. The number of nitrogens with zero attached hydrogens (tertiary/aromatic N) is 1. The zero-order valence-corrected chi connectivity index (χ0v) is 12.4. The van der Waals surface area contributed by atoms with E-state index >= 15 is 0 Å². The maximum Gasteiger partial charge on any atom is 0.238 e. The van der Waals surface area contributed by atoms with E-state index in [-0.39, 0.29) is 12.5 Å². The first kappa shape index (κ1) is 14.5. The molecular formula is C14H19BrN2O2. The van der Waals surface area contributed by atoms with Crippen LogP contribution in [0.4, 0.5) is 5.69 Å². The van der Waals surface area contributed by atoms with Crippen LogP contribution in [0.5, 0.6) is 0 Å². The van der Waals surface area contributed by atoms with Crippen LogP contribution in [0.25, 0.3) is 0 Å². The lowest BCUT2D eigenvalue weighted by Crippen LogP contribution is -2.31. The van der Waals surface area contributed by atoms with Gasteiger partial charge < -0.3 is 10.4 Å². The van der Waals surface area contributed by atoms with E-state index in [1.54, 1.807) is 0 Å². The minimum absolute atomic E-state index is 0.0203. The lowest BCUT2D eigenvalue weighted by atomic mass is 10.1. The van der Waals surface area contributed by atoms with E-state index in [0.29, 0.717) is 12.5 Å². The number of aliphatic hydroxyl groups is 1. The van der Waals surface area contributed by atoms with Crippen molar-refractivity contribution in [2.24, 2.45) is 5.92 Å². The molecule has 0 bridgehead atoms. The number of carbonyl (C=O) groups is 1. The highest BCUT2D eigenvalue weighted by atomic mass is 79.9. The van der Waals surface area contributed by atoms with Gasteiger partial charge in [-0.05, 0) is 49.6 Å². The summed E-state index contributed by atoms with van der Waals surface area (Å²) < 4.78 is 0.997. The number of benzene rings is 1. The molecule has 1 unspecified atom stereocenters. The summed E-state index contributed by atoms with van der Waals surface area (Å²) >= 11 is 3.36. The molecule has 0 aromatic heterocycles. The number of halogens is 1. The van der Waals surface area contributed by atoms with Crippen LogP contribution >= 0.6 is 15.9 Å². The average Bonchev–Trinajstić information content (AvgIpc) is 2.80. The molecule has 0 spiro atoms. The van der Waals surface area contributed by atoms with Crippen LogP contribution in [0.3, 0.4) is 0 Å². The molecular weight excluding hydrogens is 308 g/mol. The van der Waals surface area contributed by atoms with Gasteiger partial charge in [0, 0.05) is 23.3 Å². The normalized spacial score (nSPS) is 19.6. The SMILES string of the molecule is O=C(CN1CCC(CCO)C1)Nc1ccc(Br)cc1. The molecule has 19 heavy (non-hydrogen) atoms. The zero-order chi connectivity index (χ0) is 13.7. The molecule has 1 aliphatic rings. The Hall–Kier alpha value is -0.910. The number of hydrogen-bond acceptors (Lipinski definition) is 3. The molecule has 1 amide bonds. The summed E-state index contributed by atoms with van der Waals surface area (Å²) in [6.07, 6.45) is 1.91. The molecule has 5 heteroatoms. The monoisotopic (exact) mass is 326 g/mol. The smallest absolute Gasteiger partial charge is 0.238 e. The minimum atomic E-state index is 0.0203. The zero-order valence-electron chi connectivity index (χ0n) is 10.8. The predicted molar refractivity (Wildman–Crippen MR) is 79.0 cm³/mol. The highest BCUT2D eigenvalue weighted by molar-refractivity contribution is 9.10. The number of nitrogens with one attached hydrogen (secondary N) is 1. The number of likely N-dealkylation sites (tertiary alicyclic amines) is 1. The molecule has 1 atom stereocenters. The quantitative estimate of drug-likeness (QED) is 0.871. The summed E-state index contributed by atoms with van der Waals surface area (Å²) in [5.41, 5.74) is 0.819. The van der Waals surface area contributed by atoms with Gasteiger partial charge in [0.2, 0.25) is 5.91 Å². The fraction of sp³-hybridized carbons (Fsp3) is 0.500. The highest BCUT2D eigenvalue weighted by Gasteiger charge is 2.23. The average molecular weight is 327 g/mol. The summed E-state index contributed by atoms with van der Waals surface area (Å²) in [4.78, 5) is 14.1. The molecule has 1 fully saturated rings. The van der Waals surface area contributed by atoms with Crippen LogP contribution in [-0.4, -0.2) is 42.2 Å². The Kier molecular flexibility index (Phi) is 5.36. The van der Waals surface area contributed by atoms with Crippen molar-refractivity contribution in [1.82, 2.24) is 4.90 Å². The van der Waals surface area contributed by atoms with Crippen molar-refractivity contribution in [2.45, 2.75) is 12.8 Å². The highest BCUT2D eigenvalue weighted by Crippen LogP contribution is 2.19. The molecule has 4 nitrogen and oxygen atoms in total. The minimum Gasteiger partial charge on any atom is -0.396 e. The summed E-state index contributed by atoms with van der Waals surface area (Å²) in [5.74, 6) is 0.553. The Morgan fingerprint density at radius 3 is 2.84 bits per heavy atom. The standard InChI is InChI=1S/C14H19BrN2O2/c15-12-1-3-13(4-2-12)16-14(19)10-17-7-5-11(9-17)6-8-18/h1-4,11,18H,5-10H2,(H,16,19). The van der Waals surface area contributed by atoms with E-state index in [9.17, 15) is 4.79 Å². The number of amides is 1. The molecule has 1 aliphatic heterocycles. The van der Waals surface area contributed by atoms with Gasteiger partial charge in [0.1, 0.15) is 0 Å². The Morgan fingerprint density at radius 2 is 2.16 bits per heavy atom. The van der Waals surface area contributed by atoms with E-state index < -0.39 is 0 Å². The first-order valence-electron chi connectivity index (χ1n) is 6.56. The fourth-order valence-corrected chi connectivity index (χ4v) is 2.68. The molecule has 1 heterocycles. The van der Waals surface area contributed by atoms with E-state index in [1.807, 2.05) is 24.3 Å². The Bertz CT molecular complexity index is 422. The van der Waals surface area contributed by atoms with E-state index in [4.69, 9.17) is 5.11 Å². The summed E-state index contributed by atoms with van der Waals surface area (Å²) in [7, 11) is 0.